The maximum absolute atomic E-state index is 12.2. The fraction of sp³-hybridized carbons (Fsp3) is 0.190. The molecule has 0 amide bonds. The molecule has 7 nitrogen and oxygen atoms in total. The van der Waals surface area contributed by atoms with E-state index in [0.717, 1.165) is 0 Å². The van der Waals surface area contributed by atoms with Crippen LogP contribution in [0.1, 0.15) is 26.3 Å². The third kappa shape index (κ3) is 4.76. The maximum Gasteiger partial charge on any atom is 0.337 e. The summed E-state index contributed by atoms with van der Waals surface area (Å²) in [5.74, 6) is -0.351. The lowest BCUT2D eigenvalue weighted by molar-refractivity contribution is -0.136. The van der Waals surface area contributed by atoms with E-state index in [4.69, 9.17) is 14.2 Å². The van der Waals surface area contributed by atoms with E-state index >= 15 is 0 Å². The molecule has 144 valence electrons. The Labute approximate surface area is 161 Å². The molecule has 7 heteroatoms. The first kappa shape index (κ1) is 19.2. The number of ketones is 1. The second-order valence-electron chi connectivity index (χ2n) is 5.84. The van der Waals surface area contributed by atoms with Crippen molar-refractivity contribution in [2.24, 2.45) is 0 Å². The number of methoxy groups -OCH3 is 1. The Morgan fingerprint density at radius 3 is 2.36 bits per heavy atom. The number of hydrogen-bond donors (Lipinski definition) is 0. The van der Waals surface area contributed by atoms with Crippen LogP contribution in [0.5, 0.6) is 11.5 Å². The van der Waals surface area contributed by atoms with Crippen LogP contribution in [0.4, 0.5) is 0 Å². The molecule has 0 atom stereocenters. The van der Waals surface area contributed by atoms with Crippen LogP contribution in [-0.4, -0.2) is 44.7 Å². The quantitative estimate of drug-likeness (QED) is 0.431. The molecule has 0 fully saturated rings. The summed E-state index contributed by atoms with van der Waals surface area (Å²) >= 11 is 0. The first-order valence-electron chi connectivity index (χ1n) is 8.53. The van der Waals surface area contributed by atoms with Crippen molar-refractivity contribution in [2.45, 2.75) is 0 Å². The Morgan fingerprint density at radius 2 is 1.64 bits per heavy atom. The van der Waals surface area contributed by atoms with Crippen LogP contribution in [0.3, 0.4) is 0 Å². The fourth-order valence-corrected chi connectivity index (χ4v) is 2.50. The lowest BCUT2D eigenvalue weighted by atomic mass is 10.1. The van der Waals surface area contributed by atoms with Crippen molar-refractivity contribution in [3.05, 3.63) is 65.2 Å². The largest absolute Gasteiger partial charge is 0.486 e. The average Bonchev–Trinajstić information content (AvgIpc) is 2.75. The summed E-state index contributed by atoms with van der Waals surface area (Å²) in [6, 6.07) is 11.3. The number of carbonyl (C=O) groups is 3. The topological polar surface area (TPSA) is 88.1 Å². The molecule has 0 saturated heterocycles. The summed E-state index contributed by atoms with van der Waals surface area (Å²) in [5.41, 5.74) is 1.48. The van der Waals surface area contributed by atoms with Gasteiger partial charge in [0.1, 0.15) is 13.2 Å². The number of hydrogen-bond acceptors (Lipinski definition) is 7. The minimum absolute atomic E-state index is 0.346. The van der Waals surface area contributed by atoms with Crippen molar-refractivity contribution in [2.75, 3.05) is 26.9 Å². The Hall–Kier alpha value is -3.61. The molecule has 0 bridgehead atoms. The number of ether oxygens (including phenoxy) is 4. The first-order chi connectivity index (χ1) is 13.6. The molecule has 0 spiro atoms. The smallest absolute Gasteiger partial charge is 0.337 e. The minimum Gasteiger partial charge on any atom is -0.486 e. The lowest BCUT2D eigenvalue weighted by Gasteiger charge is -2.18. The fourth-order valence-electron chi connectivity index (χ4n) is 2.50. The molecule has 28 heavy (non-hydrogen) atoms. The zero-order valence-electron chi connectivity index (χ0n) is 15.2. The number of esters is 2. The van der Waals surface area contributed by atoms with E-state index in [1.807, 2.05) is 0 Å². The summed E-state index contributed by atoms with van der Waals surface area (Å²) < 4.78 is 20.4. The summed E-state index contributed by atoms with van der Waals surface area (Å²) in [6.07, 6.45) is 2.74. The molecule has 0 aliphatic carbocycles. The summed E-state index contributed by atoms with van der Waals surface area (Å²) in [6.45, 7) is 0.505. The van der Waals surface area contributed by atoms with Crippen molar-refractivity contribution in [1.82, 2.24) is 0 Å². The zero-order valence-corrected chi connectivity index (χ0v) is 15.2. The molecule has 1 heterocycles. The van der Waals surface area contributed by atoms with Gasteiger partial charge in [-0.1, -0.05) is 12.1 Å². The van der Waals surface area contributed by atoms with Gasteiger partial charge in [-0.3, -0.25) is 4.79 Å². The van der Waals surface area contributed by atoms with Crippen LogP contribution in [0.25, 0.3) is 6.08 Å². The highest BCUT2D eigenvalue weighted by molar-refractivity contribution is 5.99. The lowest BCUT2D eigenvalue weighted by Crippen LogP contribution is -2.17. The van der Waals surface area contributed by atoms with Gasteiger partial charge in [0.2, 0.25) is 0 Å². The van der Waals surface area contributed by atoms with Gasteiger partial charge in [0.05, 0.1) is 12.7 Å². The Morgan fingerprint density at radius 1 is 0.964 bits per heavy atom. The zero-order chi connectivity index (χ0) is 19.9. The van der Waals surface area contributed by atoms with Gasteiger partial charge in [-0.15, -0.1) is 0 Å². The number of fused-ring (bicyclic) bond motifs is 1. The molecule has 3 rings (SSSR count). The van der Waals surface area contributed by atoms with Gasteiger partial charge in [-0.2, -0.15) is 0 Å². The second kappa shape index (κ2) is 8.85. The second-order valence-corrected chi connectivity index (χ2v) is 5.84. The van der Waals surface area contributed by atoms with Crippen molar-refractivity contribution in [3.8, 4) is 11.5 Å². The maximum atomic E-state index is 12.2. The van der Waals surface area contributed by atoms with Gasteiger partial charge in [-0.25, -0.2) is 9.59 Å². The van der Waals surface area contributed by atoms with Gasteiger partial charge in [0.25, 0.3) is 0 Å². The molecular weight excluding hydrogens is 364 g/mol. The molecule has 2 aromatic carbocycles. The van der Waals surface area contributed by atoms with Crippen molar-refractivity contribution >= 4 is 23.8 Å². The van der Waals surface area contributed by atoms with Crippen LogP contribution >= 0.6 is 0 Å². The molecule has 0 unspecified atom stereocenters. The van der Waals surface area contributed by atoms with Crippen molar-refractivity contribution in [1.29, 1.82) is 0 Å². The number of benzene rings is 2. The van der Waals surface area contributed by atoms with Crippen molar-refractivity contribution in [3.63, 3.8) is 0 Å². The Bertz CT molecular complexity index is 913. The summed E-state index contributed by atoms with van der Waals surface area (Å²) in [5, 5.41) is 0. The number of Topliss-reactive ketones (excluding diaryl/α,β-unsaturated/α-hetero) is 1. The van der Waals surface area contributed by atoms with Crippen LogP contribution in [0, 0.1) is 0 Å². The summed E-state index contributed by atoms with van der Waals surface area (Å²) in [4.78, 5) is 35.4. The monoisotopic (exact) mass is 382 g/mol. The van der Waals surface area contributed by atoms with E-state index in [1.165, 1.54) is 19.3 Å². The van der Waals surface area contributed by atoms with Crippen molar-refractivity contribution < 1.29 is 33.3 Å². The molecule has 2 aromatic rings. The molecule has 1 aliphatic rings. The van der Waals surface area contributed by atoms with Gasteiger partial charge < -0.3 is 18.9 Å². The SMILES string of the molecule is COC(=O)c1ccc(/C=C/C(=O)OCC(=O)c2ccc3c(c2)OCCO3)cc1. The van der Waals surface area contributed by atoms with E-state index in [-0.39, 0.29) is 12.4 Å². The van der Waals surface area contributed by atoms with Crippen LogP contribution in [0.2, 0.25) is 0 Å². The Balaban J connectivity index is 1.53. The number of carbonyl (C=O) groups excluding carboxylic acids is 3. The number of rotatable bonds is 6. The predicted octanol–water partition coefficient (Wildman–Crippen LogP) is 2.68. The molecule has 1 aliphatic heterocycles. The van der Waals surface area contributed by atoms with E-state index in [1.54, 1.807) is 42.5 Å². The highest BCUT2D eigenvalue weighted by atomic mass is 16.6. The minimum atomic E-state index is -0.650. The van der Waals surface area contributed by atoms with Gasteiger partial charge in [0.15, 0.2) is 23.9 Å². The van der Waals surface area contributed by atoms with Gasteiger partial charge in [-0.05, 0) is 42.0 Å². The van der Waals surface area contributed by atoms with Crippen LogP contribution in [-0.2, 0) is 14.3 Å². The van der Waals surface area contributed by atoms with E-state index in [0.29, 0.717) is 41.4 Å². The molecule has 0 radical (unpaired) electrons. The van der Waals surface area contributed by atoms with Crippen LogP contribution < -0.4 is 9.47 Å². The standard InChI is InChI=1S/C21H18O7/c1-25-21(24)15-5-2-14(3-6-15)4-9-20(23)28-13-17(22)16-7-8-18-19(12-16)27-11-10-26-18/h2-9,12H,10-11,13H2,1H3/b9-4+. The van der Waals surface area contributed by atoms with E-state index < -0.39 is 11.9 Å². The average molecular weight is 382 g/mol. The molecule has 0 saturated carbocycles. The third-order valence-electron chi connectivity index (χ3n) is 3.95. The van der Waals surface area contributed by atoms with E-state index in [9.17, 15) is 14.4 Å². The third-order valence-corrected chi connectivity index (χ3v) is 3.95. The predicted molar refractivity (Wildman–Crippen MR) is 99.5 cm³/mol. The Kier molecular flexibility index (Phi) is 6.06. The van der Waals surface area contributed by atoms with Gasteiger partial charge in [0, 0.05) is 11.6 Å². The highest BCUT2D eigenvalue weighted by Gasteiger charge is 2.15. The normalized spacial score (nSPS) is 12.5. The van der Waals surface area contributed by atoms with Gasteiger partial charge >= 0.3 is 11.9 Å². The molecule has 0 aromatic heterocycles. The van der Waals surface area contributed by atoms with Crippen LogP contribution in [0.15, 0.2) is 48.5 Å². The molecule has 0 N–H and O–H groups in total. The summed E-state index contributed by atoms with van der Waals surface area (Å²) in [7, 11) is 1.30. The first-order valence-corrected chi connectivity index (χ1v) is 8.53. The highest BCUT2D eigenvalue weighted by Crippen LogP contribution is 2.30. The molecular formula is C21H18O7. The van der Waals surface area contributed by atoms with E-state index in [2.05, 4.69) is 4.74 Å².